The zero-order valence-corrected chi connectivity index (χ0v) is 19.4. The van der Waals surface area contributed by atoms with Crippen LogP contribution in [0.25, 0.3) is 0 Å². The molecular weight excluding hydrogens is 358 g/mol. The van der Waals surface area contributed by atoms with Crippen LogP contribution in [0.5, 0.6) is 0 Å². The molecule has 1 rings (SSSR count). The molecule has 0 atom stereocenters. The average Bonchev–Trinajstić information content (AvgIpc) is 2.74. The van der Waals surface area contributed by atoms with Gasteiger partial charge in [-0.2, -0.15) is 0 Å². The van der Waals surface area contributed by atoms with Crippen molar-refractivity contribution >= 4 is 12.5 Å². The van der Waals surface area contributed by atoms with Crippen LogP contribution in [0.2, 0.25) is 0 Å². The molecule has 1 heterocycles. The molecule has 2 amide bonds. The van der Waals surface area contributed by atoms with Crippen LogP contribution in [0.1, 0.15) is 68.7 Å². The fraction of sp³-hybridized carbons (Fsp3) is 0.714. The summed E-state index contributed by atoms with van der Waals surface area (Å²) in [5.41, 5.74) is 6.83. The van der Waals surface area contributed by atoms with E-state index in [1.54, 1.807) is 22.8 Å². The highest BCUT2D eigenvalue weighted by atomic mass is 16.6. The van der Waals surface area contributed by atoms with Gasteiger partial charge in [-0.25, -0.2) is 4.79 Å². The summed E-state index contributed by atoms with van der Waals surface area (Å²) >= 11 is 0. The van der Waals surface area contributed by atoms with Gasteiger partial charge >= 0.3 is 6.09 Å². The van der Waals surface area contributed by atoms with Gasteiger partial charge in [-0.3, -0.25) is 4.79 Å². The summed E-state index contributed by atoms with van der Waals surface area (Å²) in [6.07, 6.45) is 2.96. The van der Waals surface area contributed by atoms with E-state index in [1.807, 2.05) is 55.4 Å². The lowest BCUT2D eigenvalue weighted by molar-refractivity contribution is -0.119. The molecule has 1 aliphatic rings. The zero-order chi connectivity index (χ0) is 22.7. The average molecular weight is 402 g/mol. The number of piperazine rings is 1. The molecule has 1 fully saturated rings. The van der Waals surface area contributed by atoms with Crippen molar-refractivity contribution in [3.63, 3.8) is 0 Å². The van der Waals surface area contributed by atoms with Crippen LogP contribution >= 0.6 is 0 Å². The van der Waals surface area contributed by atoms with E-state index in [9.17, 15) is 14.7 Å². The van der Waals surface area contributed by atoms with Crippen LogP contribution in [-0.2, 0) is 9.53 Å². The van der Waals surface area contributed by atoms with Gasteiger partial charge in [0.2, 0.25) is 6.41 Å². The molecule has 0 unspecified atom stereocenters. The van der Waals surface area contributed by atoms with Crippen molar-refractivity contribution in [3.8, 4) is 0 Å². The fourth-order valence-corrected chi connectivity index (χ4v) is 1.84. The number of aliphatic hydroxyl groups is 1. The number of carbonyl (C=O) groups excluding carboxylic acids is 2. The molecule has 0 saturated carbocycles. The Morgan fingerprint density at radius 3 is 1.93 bits per heavy atom. The van der Waals surface area contributed by atoms with Gasteiger partial charge in [0.05, 0.1) is 11.8 Å². The Morgan fingerprint density at radius 2 is 1.61 bits per heavy atom. The third-order valence-electron chi connectivity index (χ3n) is 3.58. The smallest absolute Gasteiger partial charge is 0.410 e. The number of hydrogen-bond donors (Lipinski definition) is 2. The normalized spacial score (nSPS) is 14.3. The van der Waals surface area contributed by atoms with E-state index in [-0.39, 0.29) is 18.0 Å². The second-order valence-corrected chi connectivity index (χ2v) is 5.79. The molecule has 1 aliphatic heterocycles. The van der Waals surface area contributed by atoms with E-state index in [2.05, 4.69) is 0 Å². The molecule has 0 aromatic heterocycles. The first-order chi connectivity index (χ1) is 13.3. The summed E-state index contributed by atoms with van der Waals surface area (Å²) in [7, 11) is 0. The minimum Gasteiger partial charge on any atom is -0.506 e. The predicted octanol–water partition coefficient (Wildman–Crippen LogP) is 4.45. The lowest BCUT2D eigenvalue weighted by Crippen LogP contribution is -2.48. The zero-order valence-electron chi connectivity index (χ0n) is 19.4. The van der Waals surface area contributed by atoms with Gasteiger partial charge in [-0.05, 0) is 39.7 Å². The quantitative estimate of drug-likeness (QED) is 0.412. The number of rotatable bonds is 4. The first-order valence-corrected chi connectivity index (χ1v) is 10.2. The highest BCUT2D eigenvalue weighted by molar-refractivity contribution is 5.68. The SMILES string of the molecule is C/C=C(N)\C(O)=C(\C)CC.CC.CC.CC(C)OC(=O)N1CCN(C=O)CC1. The third kappa shape index (κ3) is 13.9. The van der Waals surface area contributed by atoms with E-state index in [0.717, 1.165) is 18.4 Å². The van der Waals surface area contributed by atoms with Crippen molar-refractivity contribution in [2.24, 2.45) is 5.73 Å². The molecular formula is C21H43N3O4. The van der Waals surface area contributed by atoms with Gasteiger partial charge in [0, 0.05) is 26.2 Å². The number of hydrogen-bond acceptors (Lipinski definition) is 5. The number of aliphatic hydroxyl groups excluding tert-OH is 1. The van der Waals surface area contributed by atoms with Gasteiger partial charge in [-0.15, -0.1) is 0 Å². The molecule has 7 heteroatoms. The van der Waals surface area contributed by atoms with Crippen LogP contribution in [0.3, 0.4) is 0 Å². The fourth-order valence-electron chi connectivity index (χ4n) is 1.84. The minimum atomic E-state index is -0.287. The summed E-state index contributed by atoms with van der Waals surface area (Å²) < 4.78 is 5.04. The Balaban J connectivity index is -0.000000394. The number of ether oxygens (including phenoxy) is 1. The van der Waals surface area contributed by atoms with E-state index in [4.69, 9.17) is 10.5 Å². The molecule has 0 aliphatic carbocycles. The molecule has 0 aromatic carbocycles. The first-order valence-electron chi connectivity index (χ1n) is 10.2. The number of carbonyl (C=O) groups is 2. The molecule has 0 bridgehead atoms. The Hall–Kier alpha value is -2.18. The molecule has 0 spiro atoms. The van der Waals surface area contributed by atoms with Gasteiger partial charge in [0.25, 0.3) is 0 Å². The summed E-state index contributed by atoms with van der Waals surface area (Å²) in [4.78, 5) is 25.1. The monoisotopic (exact) mass is 401 g/mol. The van der Waals surface area contributed by atoms with Crippen LogP contribution in [0, 0.1) is 0 Å². The summed E-state index contributed by atoms with van der Waals surface area (Å²) in [6, 6.07) is 0. The Labute approximate surface area is 172 Å². The van der Waals surface area contributed by atoms with Crippen LogP contribution < -0.4 is 5.73 Å². The Kier molecular flexibility index (Phi) is 21.4. The van der Waals surface area contributed by atoms with E-state index in [0.29, 0.717) is 31.9 Å². The molecule has 166 valence electrons. The van der Waals surface area contributed by atoms with E-state index in [1.165, 1.54) is 0 Å². The maximum absolute atomic E-state index is 11.4. The molecule has 7 nitrogen and oxygen atoms in total. The second-order valence-electron chi connectivity index (χ2n) is 5.79. The van der Waals surface area contributed by atoms with Gasteiger partial charge < -0.3 is 25.4 Å². The highest BCUT2D eigenvalue weighted by Crippen LogP contribution is 2.09. The maximum atomic E-state index is 11.4. The van der Waals surface area contributed by atoms with Gasteiger partial charge in [0.15, 0.2) is 0 Å². The van der Waals surface area contributed by atoms with Gasteiger partial charge in [0.1, 0.15) is 5.76 Å². The topological polar surface area (TPSA) is 96.1 Å². The Morgan fingerprint density at radius 1 is 1.14 bits per heavy atom. The lowest BCUT2D eigenvalue weighted by Gasteiger charge is -2.32. The summed E-state index contributed by atoms with van der Waals surface area (Å²) in [6.45, 7) is 19.6. The van der Waals surface area contributed by atoms with E-state index >= 15 is 0 Å². The predicted molar refractivity (Wildman–Crippen MR) is 117 cm³/mol. The molecule has 0 radical (unpaired) electrons. The van der Waals surface area contributed by atoms with Crippen LogP contribution in [0.4, 0.5) is 4.79 Å². The highest BCUT2D eigenvalue weighted by Gasteiger charge is 2.21. The number of amides is 2. The maximum Gasteiger partial charge on any atom is 0.410 e. The van der Waals surface area contributed by atoms with Crippen molar-refractivity contribution in [3.05, 3.63) is 23.1 Å². The van der Waals surface area contributed by atoms with Crippen molar-refractivity contribution < 1.29 is 19.4 Å². The number of nitrogens with two attached hydrogens (primary N) is 1. The Bertz CT molecular complexity index is 466. The summed E-state index contributed by atoms with van der Waals surface area (Å²) in [5, 5.41) is 9.27. The summed E-state index contributed by atoms with van der Waals surface area (Å²) in [5.74, 6) is 0.227. The van der Waals surface area contributed by atoms with Crippen molar-refractivity contribution in [1.82, 2.24) is 9.80 Å². The molecule has 3 N–H and O–H groups in total. The standard InChI is InChI=1S/C9H16N2O3.C8H15NO.2C2H6/c1-8(2)14-9(13)11-5-3-10(7-12)4-6-11;1-4-6(3)8(10)7(9)5-2;2*1-2/h7-8H,3-6H2,1-2H3;5,10H,4,9H2,1-3H3;2*1-2H3/b;7-5+,8-6+;;. The number of allylic oxidation sites excluding steroid dienone is 2. The second kappa shape index (κ2) is 19.6. The van der Waals surface area contributed by atoms with Crippen LogP contribution in [-0.4, -0.2) is 59.7 Å². The molecule has 1 saturated heterocycles. The van der Waals surface area contributed by atoms with Gasteiger partial charge in [-0.1, -0.05) is 40.7 Å². The van der Waals surface area contributed by atoms with E-state index < -0.39 is 0 Å². The third-order valence-corrected chi connectivity index (χ3v) is 3.58. The van der Waals surface area contributed by atoms with Crippen molar-refractivity contribution in [2.45, 2.75) is 74.8 Å². The largest absolute Gasteiger partial charge is 0.506 e. The first kappa shape index (κ1) is 30.5. The van der Waals surface area contributed by atoms with Crippen molar-refractivity contribution in [2.75, 3.05) is 26.2 Å². The van der Waals surface area contributed by atoms with Crippen LogP contribution in [0.15, 0.2) is 23.1 Å². The lowest BCUT2D eigenvalue weighted by atomic mass is 10.1. The minimum absolute atomic E-state index is 0.0911. The number of nitrogens with zero attached hydrogens (tertiary/aromatic N) is 2. The molecule has 28 heavy (non-hydrogen) atoms. The molecule has 0 aromatic rings. The van der Waals surface area contributed by atoms with Crippen molar-refractivity contribution in [1.29, 1.82) is 0 Å².